The fourth-order valence-corrected chi connectivity index (χ4v) is 5.09. The monoisotopic (exact) mass is 398 g/mol. The van der Waals surface area contributed by atoms with Crippen LogP contribution in [0, 0.1) is 5.82 Å². The molecule has 0 spiro atoms. The summed E-state index contributed by atoms with van der Waals surface area (Å²) >= 11 is 1.31. The number of anilines is 1. The maximum atomic E-state index is 14.2. The van der Waals surface area contributed by atoms with E-state index in [0.29, 0.717) is 11.3 Å². The maximum Gasteiger partial charge on any atom is 0.266 e. The molecule has 3 rings (SSSR count). The summed E-state index contributed by atoms with van der Waals surface area (Å²) < 4.78 is 45.9. The molecule has 0 saturated carbocycles. The molecule has 1 saturated heterocycles. The van der Waals surface area contributed by atoms with Gasteiger partial charge >= 0.3 is 0 Å². The number of rotatable bonds is 5. The standard InChI is InChI=1S/C17H19FN2O4S2/c1-2-12-5-10-25-16(12)17(21)19-13-3-4-14(18)15(11-13)26(22,23)20-6-8-24-9-7-20/h3-5,10-11H,2,6-9H2,1H3,(H,19,21). The van der Waals surface area contributed by atoms with Crippen molar-refractivity contribution in [1.82, 2.24) is 4.31 Å². The van der Waals surface area contributed by atoms with E-state index in [1.807, 2.05) is 18.4 Å². The van der Waals surface area contributed by atoms with E-state index < -0.39 is 20.7 Å². The minimum Gasteiger partial charge on any atom is -0.379 e. The van der Waals surface area contributed by atoms with Gasteiger partial charge in [0, 0.05) is 18.8 Å². The molecule has 1 aliphatic rings. The fourth-order valence-electron chi connectivity index (χ4n) is 2.71. The number of morpholine rings is 1. The van der Waals surface area contributed by atoms with Crippen molar-refractivity contribution in [3.8, 4) is 0 Å². The molecule has 0 atom stereocenters. The molecule has 1 amide bonds. The number of thiophene rings is 1. The van der Waals surface area contributed by atoms with E-state index in [-0.39, 0.29) is 37.9 Å². The number of hydrogen-bond acceptors (Lipinski definition) is 5. The number of carbonyl (C=O) groups is 1. The summed E-state index contributed by atoms with van der Waals surface area (Å²) in [4.78, 5) is 12.6. The first-order chi connectivity index (χ1) is 12.4. The lowest BCUT2D eigenvalue weighted by Gasteiger charge is -2.26. The molecule has 0 bridgehead atoms. The van der Waals surface area contributed by atoms with Crippen LogP contribution in [0.3, 0.4) is 0 Å². The Labute approximate surface area is 155 Å². The lowest BCUT2D eigenvalue weighted by molar-refractivity contribution is 0.0729. The van der Waals surface area contributed by atoms with Crippen molar-refractivity contribution >= 4 is 33.0 Å². The zero-order valence-corrected chi connectivity index (χ0v) is 15.8. The van der Waals surface area contributed by atoms with Crippen LogP contribution in [-0.4, -0.2) is 44.9 Å². The van der Waals surface area contributed by atoms with E-state index >= 15 is 0 Å². The molecule has 140 valence electrons. The Morgan fingerprint density at radius 3 is 2.73 bits per heavy atom. The van der Waals surface area contributed by atoms with Gasteiger partial charge in [0.15, 0.2) is 0 Å². The molecular weight excluding hydrogens is 379 g/mol. The number of aryl methyl sites for hydroxylation is 1. The van der Waals surface area contributed by atoms with E-state index in [9.17, 15) is 17.6 Å². The number of nitrogens with one attached hydrogen (secondary N) is 1. The Morgan fingerprint density at radius 2 is 2.04 bits per heavy atom. The highest BCUT2D eigenvalue weighted by atomic mass is 32.2. The predicted octanol–water partition coefficient (Wildman–Crippen LogP) is 2.72. The van der Waals surface area contributed by atoms with Crippen molar-refractivity contribution in [2.75, 3.05) is 31.6 Å². The van der Waals surface area contributed by atoms with Crippen molar-refractivity contribution in [2.45, 2.75) is 18.2 Å². The Morgan fingerprint density at radius 1 is 1.31 bits per heavy atom. The highest BCUT2D eigenvalue weighted by Crippen LogP contribution is 2.25. The van der Waals surface area contributed by atoms with Crippen LogP contribution >= 0.6 is 11.3 Å². The van der Waals surface area contributed by atoms with Gasteiger partial charge in [-0.15, -0.1) is 11.3 Å². The number of nitrogens with zero attached hydrogens (tertiary/aromatic N) is 1. The van der Waals surface area contributed by atoms with Gasteiger partial charge in [0.05, 0.1) is 18.1 Å². The summed E-state index contributed by atoms with van der Waals surface area (Å²) in [6, 6.07) is 5.44. The fraction of sp³-hybridized carbons (Fsp3) is 0.353. The van der Waals surface area contributed by atoms with E-state index in [0.717, 1.165) is 17.7 Å². The summed E-state index contributed by atoms with van der Waals surface area (Å²) in [6.07, 6.45) is 0.715. The van der Waals surface area contributed by atoms with Crippen LogP contribution < -0.4 is 5.32 Å². The second-order valence-corrected chi connectivity index (χ2v) is 8.57. The molecule has 0 radical (unpaired) electrons. The molecule has 1 N–H and O–H groups in total. The van der Waals surface area contributed by atoms with Gasteiger partial charge in [0.1, 0.15) is 10.7 Å². The van der Waals surface area contributed by atoms with Crippen molar-refractivity contribution < 1.29 is 22.3 Å². The lowest BCUT2D eigenvalue weighted by Crippen LogP contribution is -2.40. The minimum atomic E-state index is -3.99. The van der Waals surface area contributed by atoms with Crippen molar-refractivity contribution in [3.63, 3.8) is 0 Å². The van der Waals surface area contributed by atoms with Gasteiger partial charge in [-0.1, -0.05) is 6.92 Å². The van der Waals surface area contributed by atoms with Crippen LogP contribution in [0.1, 0.15) is 22.2 Å². The predicted molar refractivity (Wildman–Crippen MR) is 97.6 cm³/mol. The van der Waals surface area contributed by atoms with Gasteiger partial charge in [-0.25, -0.2) is 12.8 Å². The van der Waals surface area contributed by atoms with Crippen molar-refractivity contribution in [1.29, 1.82) is 0 Å². The third-order valence-corrected chi connectivity index (χ3v) is 6.98. The number of hydrogen-bond donors (Lipinski definition) is 1. The zero-order chi connectivity index (χ0) is 18.7. The second kappa shape index (κ2) is 7.83. The van der Waals surface area contributed by atoms with Crippen LogP contribution in [-0.2, 0) is 21.2 Å². The molecule has 2 aromatic rings. The number of sulfonamides is 1. The van der Waals surface area contributed by atoms with E-state index in [4.69, 9.17) is 4.74 Å². The van der Waals surface area contributed by atoms with Crippen LogP contribution in [0.4, 0.5) is 10.1 Å². The molecule has 9 heteroatoms. The third-order valence-electron chi connectivity index (χ3n) is 4.11. The molecule has 6 nitrogen and oxygen atoms in total. The first-order valence-electron chi connectivity index (χ1n) is 8.18. The summed E-state index contributed by atoms with van der Waals surface area (Å²) in [5.74, 6) is -1.18. The van der Waals surface area contributed by atoms with E-state index in [1.54, 1.807) is 0 Å². The topological polar surface area (TPSA) is 75.7 Å². The molecule has 1 aromatic heterocycles. The second-order valence-electron chi connectivity index (χ2n) is 5.74. The number of halogens is 1. The van der Waals surface area contributed by atoms with Crippen LogP contribution in [0.2, 0.25) is 0 Å². The largest absolute Gasteiger partial charge is 0.379 e. The Balaban J connectivity index is 1.87. The number of ether oxygens (including phenoxy) is 1. The quantitative estimate of drug-likeness (QED) is 0.840. The minimum absolute atomic E-state index is 0.174. The molecule has 0 unspecified atom stereocenters. The van der Waals surface area contributed by atoms with Crippen LogP contribution in [0.25, 0.3) is 0 Å². The summed E-state index contributed by atoms with van der Waals surface area (Å²) in [5, 5.41) is 4.48. The first-order valence-corrected chi connectivity index (χ1v) is 10.5. The number of carbonyl (C=O) groups excluding carboxylic acids is 1. The summed E-state index contributed by atoms with van der Waals surface area (Å²) in [5.41, 5.74) is 1.15. The van der Waals surface area contributed by atoms with Crippen molar-refractivity contribution in [3.05, 3.63) is 45.9 Å². The zero-order valence-electron chi connectivity index (χ0n) is 14.2. The summed E-state index contributed by atoms with van der Waals surface area (Å²) in [6.45, 7) is 2.84. The molecule has 26 heavy (non-hydrogen) atoms. The Bertz CT molecular complexity index is 905. The summed E-state index contributed by atoms with van der Waals surface area (Å²) in [7, 11) is -3.99. The Kier molecular flexibility index (Phi) is 5.71. The molecule has 0 aliphatic carbocycles. The van der Waals surface area contributed by atoms with E-state index in [2.05, 4.69) is 5.32 Å². The highest BCUT2D eigenvalue weighted by molar-refractivity contribution is 7.89. The number of amides is 1. The number of benzene rings is 1. The van der Waals surface area contributed by atoms with Gasteiger partial charge in [-0.2, -0.15) is 4.31 Å². The first kappa shape index (κ1) is 19.0. The molecule has 1 fully saturated rings. The van der Waals surface area contributed by atoms with Gasteiger partial charge in [0.2, 0.25) is 10.0 Å². The van der Waals surface area contributed by atoms with Crippen LogP contribution in [0.5, 0.6) is 0 Å². The molecular formula is C17H19FN2O4S2. The SMILES string of the molecule is CCc1ccsc1C(=O)Nc1ccc(F)c(S(=O)(=O)N2CCOCC2)c1. The third kappa shape index (κ3) is 3.80. The smallest absolute Gasteiger partial charge is 0.266 e. The highest BCUT2D eigenvalue weighted by Gasteiger charge is 2.29. The van der Waals surface area contributed by atoms with Crippen molar-refractivity contribution in [2.24, 2.45) is 0 Å². The van der Waals surface area contributed by atoms with Gasteiger partial charge < -0.3 is 10.1 Å². The maximum absolute atomic E-state index is 14.2. The normalized spacial score (nSPS) is 15.8. The van der Waals surface area contributed by atoms with Gasteiger partial charge in [-0.05, 0) is 41.6 Å². The molecule has 1 aliphatic heterocycles. The molecule has 2 heterocycles. The average molecular weight is 398 g/mol. The average Bonchev–Trinajstić information content (AvgIpc) is 3.13. The Hall–Kier alpha value is -1.81. The van der Waals surface area contributed by atoms with Gasteiger partial charge in [-0.3, -0.25) is 4.79 Å². The van der Waals surface area contributed by atoms with Gasteiger partial charge in [0.25, 0.3) is 5.91 Å². The van der Waals surface area contributed by atoms with E-state index in [1.165, 1.54) is 21.7 Å². The van der Waals surface area contributed by atoms with Crippen LogP contribution in [0.15, 0.2) is 34.5 Å². The lowest BCUT2D eigenvalue weighted by atomic mass is 10.2. The molecule has 1 aromatic carbocycles.